The van der Waals surface area contributed by atoms with Gasteiger partial charge in [-0.05, 0) is 82.4 Å². The molecule has 3 rings (SSSR count). The van der Waals surface area contributed by atoms with Crippen molar-refractivity contribution in [2.24, 2.45) is 10.9 Å². The third-order valence-electron chi connectivity index (χ3n) is 6.46. The molecule has 2 N–H and O–H groups in total. The minimum atomic E-state index is 0.319. The molecule has 168 valence electrons. The highest BCUT2D eigenvalue weighted by molar-refractivity contribution is 5.79. The van der Waals surface area contributed by atoms with Crippen molar-refractivity contribution in [1.29, 1.82) is 0 Å². The molecular weight excluding hydrogens is 374 g/mol. The lowest BCUT2D eigenvalue weighted by atomic mass is 9.98. The van der Waals surface area contributed by atoms with E-state index in [2.05, 4.69) is 58.5 Å². The molecule has 0 bridgehead atoms. The summed E-state index contributed by atoms with van der Waals surface area (Å²) in [7, 11) is 1.72. The van der Waals surface area contributed by atoms with Gasteiger partial charge in [0.15, 0.2) is 5.96 Å². The van der Waals surface area contributed by atoms with Gasteiger partial charge < -0.3 is 20.3 Å². The van der Waals surface area contributed by atoms with Crippen molar-refractivity contribution in [2.75, 3.05) is 59.5 Å². The maximum atomic E-state index is 5.35. The third-order valence-corrected chi connectivity index (χ3v) is 6.46. The lowest BCUT2D eigenvalue weighted by Gasteiger charge is -2.32. The van der Waals surface area contributed by atoms with Crippen molar-refractivity contribution in [3.05, 3.63) is 29.8 Å². The number of nitrogens with zero attached hydrogens (tertiary/aromatic N) is 3. The van der Waals surface area contributed by atoms with Gasteiger partial charge in [0.25, 0.3) is 0 Å². The Balaban J connectivity index is 1.64. The molecule has 0 spiro atoms. The molecule has 2 fully saturated rings. The van der Waals surface area contributed by atoms with Crippen LogP contribution in [0.25, 0.3) is 0 Å². The summed E-state index contributed by atoms with van der Waals surface area (Å²) in [5.41, 5.74) is 1.32. The highest BCUT2D eigenvalue weighted by Crippen LogP contribution is 2.27. The largest absolute Gasteiger partial charge is 0.497 e. The molecule has 2 aliphatic heterocycles. The zero-order chi connectivity index (χ0) is 21.2. The molecule has 30 heavy (non-hydrogen) atoms. The fraction of sp³-hybridized carbons (Fsp3) is 0.708. The smallest absolute Gasteiger partial charge is 0.191 e. The minimum Gasteiger partial charge on any atom is -0.497 e. The van der Waals surface area contributed by atoms with Crippen LogP contribution in [-0.2, 0) is 0 Å². The molecule has 0 aromatic heterocycles. The summed E-state index contributed by atoms with van der Waals surface area (Å²) >= 11 is 0. The summed E-state index contributed by atoms with van der Waals surface area (Å²) in [6, 6.07) is 8.83. The lowest BCUT2D eigenvalue weighted by Crippen LogP contribution is -2.44. The van der Waals surface area contributed by atoms with Crippen LogP contribution in [0.3, 0.4) is 0 Å². The fourth-order valence-electron chi connectivity index (χ4n) is 4.68. The first-order valence-electron chi connectivity index (χ1n) is 11.9. The second kappa shape index (κ2) is 12.2. The van der Waals surface area contributed by atoms with Gasteiger partial charge >= 0.3 is 0 Å². The number of hydrogen-bond acceptors (Lipinski definition) is 4. The van der Waals surface area contributed by atoms with Crippen LogP contribution >= 0.6 is 0 Å². The Labute approximate surface area is 183 Å². The van der Waals surface area contributed by atoms with Crippen molar-refractivity contribution in [2.45, 2.75) is 45.6 Å². The van der Waals surface area contributed by atoms with E-state index < -0.39 is 0 Å². The van der Waals surface area contributed by atoms with E-state index in [-0.39, 0.29) is 0 Å². The number of nitrogens with one attached hydrogen (secondary N) is 2. The average Bonchev–Trinajstić information content (AvgIpc) is 3.32. The monoisotopic (exact) mass is 415 g/mol. The molecule has 1 aromatic carbocycles. The molecule has 1 aromatic rings. The van der Waals surface area contributed by atoms with Crippen molar-refractivity contribution in [3.8, 4) is 5.75 Å². The molecule has 6 nitrogen and oxygen atoms in total. The van der Waals surface area contributed by atoms with Crippen LogP contribution in [0, 0.1) is 5.92 Å². The van der Waals surface area contributed by atoms with E-state index in [9.17, 15) is 0 Å². The van der Waals surface area contributed by atoms with E-state index >= 15 is 0 Å². The van der Waals surface area contributed by atoms with Crippen molar-refractivity contribution in [1.82, 2.24) is 20.4 Å². The maximum absolute atomic E-state index is 5.35. The molecule has 6 heteroatoms. The molecule has 2 atom stereocenters. The minimum absolute atomic E-state index is 0.319. The predicted octanol–water partition coefficient (Wildman–Crippen LogP) is 3.12. The van der Waals surface area contributed by atoms with Crippen LogP contribution < -0.4 is 15.4 Å². The van der Waals surface area contributed by atoms with E-state index in [0.29, 0.717) is 12.0 Å². The maximum Gasteiger partial charge on any atom is 0.191 e. The zero-order valence-corrected chi connectivity index (χ0v) is 19.2. The van der Waals surface area contributed by atoms with Crippen molar-refractivity contribution < 1.29 is 4.74 Å². The fourth-order valence-corrected chi connectivity index (χ4v) is 4.68. The molecule has 2 saturated heterocycles. The number of benzene rings is 1. The number of likely N-dealkylation sites (tertiary alicyclic amines) is 2. The van der Waals surface area contributed by atoms with Crippen LogP contribution in [-0.4, -0.2) is 75.2 Å². The predicted molar refractivity (Wildman–Crippen MR) is 125 cm³/mol. The number of piperidine rings is 1. The number of ether oxygens (including phenoxy) is 1. The van der Waals surface area contributed by atoms with E-state index in [1.54, 1.807) is 7.11 Å². The highest BCUT2D eigenvalue weighted by Gasteiger charge is 2.24. The first kappa shape index (κ1) is 22.9. The number of hydrogen-bond donors (Lipinski definition) is 2. The van der Waals surface area contributed by atoms with E-state index in [0.717, 1.165) is 51.0 Å². The Kier molecular flexibility index (Phi) is 9.27. The Hall–Kier alpha value is -1.79. The molecule has 0 radical (unpaired) electrons. The molecule has 2 aliphatic rings. The van der Waals surface area contributed by atoms with E-state index in [1.165, 1.54) is 44.3 Å². The van der Waals surface area contributed by atoms with Crippen molar-refractivity contribution in [3.63, 3.8) is 0 Å². The Morgan fingerprint density at radius 3 is 2.53 bits per heavy atom. The van der Waals surface area contributed by atoms with Crippen LogP contribution in [0.2, 0.25) is 0 Å². The first-order chi connectivity index (χ1) is 14.7. The number of rotatable bonds is 9. The summed E-state index contributed by atoms with van der Waals surface area (Å²) in [6.07, 6.45) is 5.18. The number of methoxy groups -OCH3 is 1. The first-order valence-corrected chi connectivity index (χ1v) is 11.9. The second-order valence-electron chi connectivity index (χ2n) is 8.53. The van der Waals surface area contributed by atoms with Crippen molar-refractivity contribution >= 4 is 5.96 Å². The summed E-state index contributed by atoms with van der Waals surface area (Å²) in [6.45, 7) is 13.0. The average molecular weight is 416 g/mol. The summed E-state index contributed by atoms with van der Waals surface area (Å²) in [5.74, 6) is 2.56. The van der Waals surface area contributed by atoms with Crippen LogP contribution in [0.5, 0.6) is 5.75 Å². The summed E-state index contributed by atoms with van der Waals surface area (Å²) in [5, 5.41) is 7.07. The molecule has 2 heterocycles. The number of guanidine groups is 1. The van der Waals surface area contributed by atoms with E-state index in [1.807, 2.05) is 0 Å². The molecule has 0 saturated carbocycles. The van der Waals surface area contributed by atoms with Gasteiger partial charge in [0, 0.05) is 19.6 Å². The SMILES string of the molecule is CCNC(=NCC(c1ccc(OC)cc1)N1CCCC1)NCC1CCCN(CC)C1. The Morgan fingerprint density at radius 1 is 1.10 bits per heavy atom. The van der Waals surface area contributed by atoms with Gasteiger partial charge in [0.2, 0.25) is 0 Å². The van der Waals surface area contributed by atoms with Crippen LogP contribution in [0.4, 0.5) is 0 Å². The second-order valence-corrected chi connectivity index (χ2v) is 8.53. The summed E-state index contributed by atoms with van der Waals surface area (Å²) in [4.78, 5) is 10.1. The van der Waals surface area contributed by atoms with E-state index in [4.69, 9.17) is 9.73 Å². The zero-order valence-electron chi connectivity index (χ0n) is 19.2. The standard InChI is InChI=1S/C24H41N5O/c1-4-25-24(26-17-20-9-8-14-28(5-2)19-20)27-18-23(29-15-6-7-16-29)21-10-12-22(30-3)13-11-21/h10-13,20,23H,4-9,14-19H2,1-3H3,(H2,25,26,27). The molecule has 0 aliphatic carbocycles. The van der Waals surface area contributed by atoms with Crippen LogP contribution in [0.15, 0.2) is 29.3 Å². The molecular formula is C24H41N5O. The topological polar surface area (TPSA) is 52.1 Å². The third kappa shape index (κ3) is 6.61. The summed E-state index contributed by atoms with van der Waals surface area (Å²) < 4.78 is 5.35. The van der Waals surface area contributed by atoms with Gasteiger partial charge in [0.05, 0.1) is 19.7 Å². The van der Waals surface area contributed by atoms with Gasteiger partial charge in [-0.3, -0.25) is 9.89 Å². The van der Waals surface area contributed by atoms with Gasteiger partial charge in [-0.25, -0.2) is 0 Å². The van der Waals surface area contributed by atoms with Gasteiger partial charge in [0.1, 0.15) is 5.75 Å². The van der Waals surface area contributed by atoms with Crippen LogP contribution in [0.1, 0.15) is 51.1 Å². The number of aliphatic imine (C=N–C) groups is 1. The molecule has 2 unspecified atom stereocenters. The van der Waals surface area contributed by atoms with Gasteiger partial charge in [-0.1, -0.05) is 19.1 Å². The Morgan fingerprint density at radius 2 is 1.87 bits per heavy atom. The Bertz CT molecular complexity index is 642. The van der Waals surface area contributed by atoms with Gasteiger partial charge in [-0.2, -0.15) is 0 Å². The highest BCUT2D eigenvalue weighted by atomic mass is 16.5. The van der Waals surface area contributed by atoms with Gasteiger partial charge in [-0.15, -0.1) is 0 Å². The normalized spacial score (nSPS) is 22.1. The molecule has 0 amide bonds. The quantitative estimate of drug-likeness (QED) is 0.479. The lowest BCUT2D eigenvalue weighted by molar-refractivity contribution is 0.183.